The highest BCUT2D eigenvalue weighted by Crippen LogP contribution is 2.08. The smallest absolute Gasteiger partial charge is 0.277 e. The van der Waals surface area contributed by atoms with E-state index in [9.17, 15) is 8.42 Å². The van der Waals surface area contributed by atoms with E-state index >= 15 is 0 Å². The predicted molar refractivity (Wildman–Crippen MR) is 84.5 cm³/mol. The van der Waals surface area contributed by atoms with Crippen LogP contribution in [-0.4, -0.2) is 26.1 Å². The maximum atomic E-state index is 11.9. The minimum Gasteiger partial charge on any atom is -0.488 e. The molecule has 1 heterocycles. The number of nitrogens with zero attached hydrogens (tertiary/aromatic N) is 1. The minimum absolute atomic E-state index is 0.166. The first-order valence-electron chi connectivity index (χ1n) is 6.90. The second-order valence-electron chi connectivity index (χ2n) is 4.78. The molecule has 0 unspecified atom stereocenters. The predicted octanol–water partition coefficient (Wildman–Crippen LogP) is 1.47. The molecular weight excluding hydrogens is 302 g/mol. The summed E-state index contributed by atoms with van der Waals surface area (Å²) < 4.78 is 34.2. The summed E-state index contributed by atoms with van der Waals surface area (Å²) in [6.07, 6.45) is 2.92. The van der Waals surface area contributed by atoms with Crippen LogP contribution in [0, 0.1) is 0 Å². The average molecular weight is 321 g/mol. The van der Waals surface area contributed by atoms with Gasteiger partial charge in [-0.2, -0.15) is 17.9 Å². The summed E-state index contributed by atoms with van der Waals surface area (Å²) in [4.78, 5) is 3.93. The topological polar surface area (TPSA) is 80.3 Å². The second-order valence-corrected chi connectivity index (χ2v) is 6.36. The van der Waals surface area contributed by atoms with Crippen LogP contribution >= 0.6 is 0 Å². The molecule has 1 aromatic carbocycles. The van der Waals surface area contributed by atoms with E-state index in [0.717, 1.165) is 5.56 Å². The van der Waals surface area contributed by atoms with Crippen molar-refractivity contribution in [2.75, 3.05) is 6.54 Å². The Kier molecular flexibility index (Phi) is 5.88. The van der Waals surface area contributed by atoms with E-state index in [1.54, 1.807) is 31.5 Å². The minimum atomic E-state index is -3.56. The highest BCUT2D eigenvalue weighted by atomic mass is 32.2. The van der Waals surface area contributed by atoms with Gasteiger partial charge in [0.25, 0.3) is 10.2 Å². The molecule has 1 atom stereocenters. The number of benzene rings is 1. The van der Waals surface area contributed by atoms with Crippen LogP contribution in [0.4, 0.5) is 0 Å². The van der Waals surface area contributed by atoms with Gasteiger partial charge in [0, 0.05) is 19.3 Å². The van der Waals surface area contributed by atoms with E-state index in [0.29, 0.717) is 5.75 Å². The van der Waals surface area contributed by atoms with E-state index < -0.39 is 10.2 Å². The van der Waals surface area contributed by atoms with Crippen molar-refractivity contribution < 1.29 is 13.2 Å². The SMILES string of the molecule is C[C@H](CNS(=O)(=O)NCc1ccccc1)Oc1cccnc1. The van der Waals surface area contributed by atoms with Gasteiger partial charge in [0.15, 0.2) is 0 Å². The third kappa shape index (κ3) is 5.80. The van der Waals surface area contributed by atoms with Gasteiger partial charge in [-0.1, -0.05) is 30.3 Å². The molecule has 0 aliphatic carbocycles. The summed E-state index contributed by atoms with van der Waals surface area (Å²) in [6, 6.07) is 12.8. The van der Waals surface area contributed by atoms with Gasteiger partial charge in [-0.15, -0.1) is 0 Å². The Morgan fingerprint density at radius 1 is 1.14 bits per heavy atom. The van der Waals surface area contributed by atoms with Gasteiger partial charge in [0.2, 0.25) is 0 Å². The molecule has 2 N–H and O–H groups in total. The molecule has 0 saturated carbocycles. The van der Waals surface area contributed by atoms with Crippen LogP contribution in [0.25, 0.3) is 0 Å². The molecule has 0 aliphatic heterocycles. The summed E-state index contributed by atoms with van der Waals surface area (Å²) in [7, 11) is -3.56. The number of hydrogen-bond donors (Lipinski definition) is 2. The van der Waals surface area contributed by atoms with E-state index in [1.165, 1.54) is 0 Å². The van der Waals surface area contributed by atoms with Crippen LogP contribution in [0.3, 0.4) is 0 Å². The monoisotopic (exact) mass is 321 g/mol. The van der Waals surface area contributed by atoms with Crippen molar-refractivity contribution >= 4 is 10.2 Å². The number of rotatable bonds is 8. The van der Waals surface area contributed by atoms with Crippen molar-refractivity contribution in [2.24, 2.45) is 0 Å². The first-order valence-corrected chi connectivity index (χ1v) is 8.38. The zero-order valence-electron chi connectivity index (χ0n) is 12.3. The van der Waals surface area contributed by atoms with E-state index in [2.05, 4.69) is 14.4 Å². The Hall–Kier alpha value is -1.96. The fourth-order valence-electron chi connectivity index (χ4n) is 1.74. The number of hydrogen-bond acceptors (Lipinski definition) is 4. The Bertz CT molecular complexity index is 663. The van der Waals surface area contributed by atoms with Crippen LogP contribution < -0.4 is 14.2 Å². The van der Waals surface area contributed by atoms with E-state index in [-0.39, 0.29) is 19.2 Å². The standard InChI is InChI=1S/C15H19N3O3S/c1-13(21-15-8-5-9-16-12-15)10-17-22(19,20)18-11-14-6-3-2-4-7-14/h2-9,12-13,17-18H,10-11H2,1H3/t13-/m1/s1. The molecule has 2 aromatic rings. The molecule has 7 heteroatoms. The van der Waals surface area contributed by atoms with Crippen LogP contribution in [0.15, 0.2) is 54.9 Å². The fraction of sp³-hybridized carbons (Fsp3) is 0.267. The third-order valence-corrected chi connectivity index (χ3v) is 3.91. The van der Waals surface area contributed by atoms with Crippen molar-refractivity contribution in [2.45, 2.75) is 19.6 Å². The van der Waals surface area contributed by atoms with Crippen molar-refractivity contribution in [3.05, 3.63) is 60.4 Å². The highest BCUT2D eigenvalue weighted by Gasteiger charge is 2.12. The Morgan fingerprint density at radius 3 is 2.59 bits per heavy atom. The van der Waals surface area contributed by atoms with Crippen LogP contribution in [0.5, 0.6) is 5.75 Å². The van der Waals surface area contributed by atoms with Crippen molar-refractivity contribution in [1.82, 2.24) is 14.4 Å². The van der Waals surface area contributed by atoms with Crippen molar-refractivity contribution in [1.29, 1.82) is 0 Å². The first kappa shape index (κ1) is 16.4. The van der Waals surface area contributed by atoms with Gasteiger partial charge in [-0.05, 0) is 24.6 Å². The molecule has 0 fully saturated rings. The second kappa shape index (κ2) is 7.88. The maximum Gasteiger partial charge on any atom is 0.277 e. The Balaban J connectivity index is 1.77. The number of pyridine rings is 1. The normalized spacial score (nSPS) is 12.8. The summed E-state index contributed by atoms with van der Waals surface area (Å²) in [5, 5.41) is 0. The molecule has 22 heavy (non-hydrogen) atoms. The fourth-order valence-corrected chi connectivity index (χ4v) is 2.66. The molecule has 0 bridgehead atoms. The molecule has 2 rings (SSSR count). The molecule has 0 amide bonds. The molecule has 0 radical (unpaired) electrons. The van der Waals surface area contributed by atoms with Crippen molar-refractivity contribution in [3.8, 4) is 5.75 Å². The van der Waals surface area contributed by atoms with Gasteiger partial charge >= 0.3 is 0 Å². The first-order chi connectivity index (χ1) is 10.6. The third-order valence-electron chi connectivity index (χ3n) is 2.84. The van der Waals surface area contributed by atoms with Crippen molar-refractivity contribution in [3.63, 3.8) is 0 Å². The molecular formula is C15H19N3O3S. The van der Waals surface area contributed by atoms with Gasteiger partial charge in [0.05, 0.1) is 6.20 Å². The average Bonchev–Trinajstić information content (AvgIpc) is 2.53. The summed E-state index contributed by atoms with van der Waals surface area (Å²) in [6.45, 7) is 2.19. The zero-order chi connectivity index (χ0) is 15.8. The number of ether oxygens (including phenoxy) is 1. The molecule has 0 aliphatic rings. The molecule has 0 spiro atoms. The van der Waals surface area contributed by atoms with Crippen LogP contribution in [0.1, 0.15) is 12.5 Å². The summed E-state index contributed by atoms with van der Waals surface area (Å²) >= 11 is 0. The quantitative estimate of drug-likeness (QED) is 0.771. The van der Waals surface area contributed by atoms with Gasteiger partial charge < -0.3 is 4.74 Å². The van der Waals surface area contributed by atoms with Crippen LogP contribution in [-0.2, 0) is 16.8 Å². The molecule has 6 nitrogen and oxygen atoms in total. The Labute approximate surface area is 130 Å². The molecule has 1 aromatic heterocycles. The van der Waals surface area contributed by atoms with E-state index in [1.807, 2.05) is 30.3 Å². The number of aromatic nitrogens is 1. The van der Waals surface area contributed by atoms with Gasteiger partial charge in [0.1, 0.15) is 11.9 Å². The highest BCUT2D eigenvalue weighted by molar-refractivity contribution is 7.87. The Morgan fingerprint density at radius 2 is 1.91 bits per heavy atom. The molecule has 0 saturated heterocycles. The van der Waals surface area contributed by atoms with E-state index in [4.69, 9.17) is 4.74 Å². The van der Waals surface area contributed by atoms with Crippen LogP contribution in [0.2, 0.25) is 0 Å². The lowest BCUT2D eigenvalue weighted by Gasteiger charge is -2.15. The maximum absolute atomic E-state index is 11.9. The number of nitrogens with one attached hydrogen (secondary N) is 2. The lowest BCUT2D eigenvalue weighted by atomic mass is 10.2. The van der Waals surface area contributed by atoms with Gasteiger partial charge in [-0.3, -0.25) is 4.98 Å². The van der Waals surface area contributed by atoms with Gasteiger partial charge in [-0.25, -0.2) is 0 Å². The lowest BCUT2D eigenvalue weighted by Crippen LogP contribution is -2.40. The zero-order valence-corrected chi connectivity index (χ0v) is 13.1. The summed E-state index contributed by atoms with van der Waals surface area (Å²) in [5.41, 5.74) is 0.896. The molecule has 118 valence electrons. The summed E-state index contributed by atoms with van der Waals surface area (Å²) in [5.74, 6) is 0.603. The largest absolute Gasteiger partial charge is 0.488 e. The lowest BCUT2D eigenvalue weighted by molar-refractivity contribution is 0.224.